The first kappa shape index (κ1) is 20.5. The number of benzene rings is 2. The van der Waals surface area contributed by atoms with E-state index in [-0.39, 0.29) is 11.8 Å². The van der Waals surface area contributed by atoms with Gasteiger partial charge >= 0.3 is 0 Å². The first-order chi connectivity index (χ1) is 13.1. The standard InChI is InChI=1S/C21H26N2O4/c1-3-4-12-22-20(24)17-6-5-7-18(15-17)23-21(25)16-8-10-19(11-9-16)27-14-13-26-2/h5-11,15H,3-4,12-14H2,1-2H3,(H,22,24)(H,23,25). The highest BCUT2D eigenvalue weighted by Gasteiger charge is 2.09. The van der Waals surface area contributed by atoms with Crippen LogP contribution in [-0.2, 0) is 4.74 Å². The molecule has 0 aliphatic carbocycles. The molecule has 0 saturated heterocycles. The number of nitrogens with one attached hydrogen (secondary N) is 2. The first-order valence-corrected chi connectivity index (χ1v) is 9.05. The maximum Gasteiger partial charge on any atom is 0.255 e. The highest BCUT2D eigenvalue weighted by Crippen LogP contribution is 2.15. The Kier molecular flexibility index (Phi) is 8.32. The third kappa shape index (κ3) is 6.75. The lowest BCUT2D eigenvalue weighted by Gasteiger charge is -2.09. The number of rotatable bonds is 10. The van der Waals surface area contributed by atoms with Crippen molar-refractivity contribution in [2.45, 2.75) is 19.8 Å². The molecule has 0 fully saturated rings. The molecule has 0 saturated carbocycles. The van der Waals surface area contributed by atoms with Crippen molar-refractivity contribution >= 4 is 17.5 Å². The van der Waals surface area contributed by atoms with Crippen LogP contribution in [0.3, 0.4) is 0 Å². The van der Waals surface area contributed by atoms with Crippen LogP contribution in [0.2, 0.25) is 0 Å². The third-order valence-electron chi connectivity index (χ3n) is 3.87. The van der Waals surface area contributed by atoms with Gasteiger partial charge in [-0.2, -0.15) is 0 Å². The molecule has 0 aliphatic rings. The second-order valence-electron chi connectivity index (χ2n) is 6.01. The quantitative estimate of drug-likeness (QED) is 0.628. The number of methoxy groups -OCH3 is 1. The summed E-state index contributed by atoms with van der Waals surface area (Å²) in [4.78, 5) is 24.5. The van der Waals surface area contributed by atoms with Gasteiger partial charge in [0.15, 0.2) is 0 Å². The second kappa shape index (κ2) is 11.0. The molecule has 0 spiro atoms. The SMILES string of the molecule is CCCCNC(=O)c1cccc(NC(=O)c2ccc(OCCOC)cc2)c1. The number of hydrogen-bond donors (Lipinski definition) is 2. The maximum absolute atomic E-state index is 12.4. The third-order valence-corrected chi connectivity index (χ3v) is 3.87. The molecule has 144 valence electrons. The fraction of sp³-hybridized carbons (Fsp3) is 0.333. The van der Waals surface area contributed by atoms with E-state index in [9.17, 15) is 9.59 Å². The van der Waals surface area contributed by atoms with E-state index in [4.69, 9.17) is 9.47 Å². The molecular formula is C21H26N2O4. The molecule has 0 aromatic heterocycles. The van der Waals surface area contributed by atoms with Gasteiger partial charge in [-0.1, -0.05) is 19.4 Å². The summed E-state index contributed by atoms with van der Waals surface area (Å²) in [6.07, 6.45) is 1.96. The minimum atomic E-state index is -0.248. The lowest BCUT2D eigenvalue weighted by atomic mass is 10.1. The Hall–Kier alpha value is -2.86. The van der Waals surface area contributed by atoms with Gasteiger partial charge in [-0.05, 0) is 48.9 Å². The fourth-order valence-electron chi connectivity index (χ4n) is 2.37. The fourth-order valence-corrected chi connectivity index (χ4v) is 2.37. The molecule has 6 heteroatoms. The molecule has 0 radical (unpaired) electrons. The van der Waals surface area contributed by atoms with Gasteiger partial charge in [0.05, 0.1) is 6.61 Å². The van der Waals surface area contributed by atoms with Gasteiger partial charge in [0.1, 0.15) is 12.4 Å². The molecule has 2 aromatic carbocycles. The molecule has 27 heavy (non-hydrogen) atoms. The second-order valence-corrected chi connectivity index (χ2v) is 6.01. The van der Waals surface area contributed by atoms with E-state index in [0.717, 1.165) is 12.8 Å². The summed E-state index contributed by atoms with van der Waals surface area (Å²) in [5.74, 6) is 0.286. The van der Waals surface area contributed by atoms with E-state index >= 15 is 0 Å². The van der Waals surface area contributed by atoms with Crippen LogP contribution in [0.5, 0.6) is 5.75 Å². The molecule has 6 nitrogen and oxygen atoms in total. The lowest BCUT2D eigenvalue weighted by Crippen LogP contribution is -2.24. The van der Waals surface area contributed by atoms with E-state index in [1.807, 2.05) is 0 Å². The van der Waals surface area contributed by atoms with Crippen molar-refractivity contribution in [1.82, 2.24) is 5.32 Å². The van der Waals surface area contributed by atoms with Gasteiger partial charge in [0.25, 0.3) is 11.8 Å². The molecule has 0 bridgehead atoms. The number of carbonyl (C=O) groups excluding carboxylic acids is 2. The average molecular weight is 370 g/mol. The zero-order chi connectivity index (χ0) is 19.5. The summed E-state index contributed by atoms with van der Waals surface area (Å²) in [6, 6.07) is 13.8. The molecule has 2 N–H and O–H groups in total. The Labute approximate surface area is 159 Å². The molecule has 0 atom stereocenters. The normalized spacial score (nSPS) is 10.3. The van der Waals surface area contributed by atoms with Crippen LogP contribution in [-0.4, -0.2) is 38.7 Å². The van der Waals surface area contributed by atoms with Crippen LogP contribution in [0, 0.1) is 0 Å². The summed E-state index contributed by atoms with van der Waals surface area (Å²) < 4.78 is 10.4. The van der Waals surface area contributed by atoms with Crippen LogP contribution in [0.4, 0.5) is 5.69 Å². The van der Waals surface area contributed by atoms with Gasteiger partial charge in [0, 0.05) is 30.5 Å². The average Bonchev–Trinajstić information content (AvgIpc) is 2.69. The predicted octanol–water partition coefficient (Wildman–Crippen LogP) is 3.49. The maximum atomic E-state index is 12.4. The summed E-state index contributed by atoms with van der Waals surface area (Å²) in [5, 5.41) is 5.68. The Balaban J connectivity index is 1.95. The van der Waals surface area contributed by atoms with Crippen LogP contribution in [0.1, 0.15) is 40.5 Å². The zero-order valence-corrected chi connectivity index (χ0v) is 15.8. The van der Waals surface area contributed by atoms with Gasteiger partial charge < -0.3 is 20.1 Å². The van der Waals surface area contributed by atoms with Crippen molar-refractivity contribution in [3.8, 4) is 5.75 Å². The molecule has 2 amide bonds. The minimum Gasteiger partial charge on any atom is -0.491 e. The molecule has 2 aromatic rings. The van der Waals surface area contributed by atoms with Crippen molar-refractivity contribution in [2.75, 3.05) is 32.2 Å². The first-order valence-electron chi connectivity index (χ1n) is 9.05. The Bertz CT molecular complexity index is 744. The number of unbranched alkanes of at least 4 members (excludes halogenated alkanes) is 1. The largest absolute Gasteiger partial charge is 0.491 e. The van der Waals surface area contributed by atoms with Crippen LogP contribution < -0.4 is 15.4 Å². The molecular weight excluding hydrogens is 344 g/mol. The highest BCUT2D eigenvalue weighted by atomic mass is 16.5. The van der Waals surface area contributed by atoms with Crippen molar-refractivity contribution < 1.29 is 19.1 Å². The number of anilines is 1. The summed E-state index contributed by atoms with van der Waals surface area (Å²) in [5.41, 5.74) is 1.60. The van der Waals surface area contributed by atoms with Gasteiger partial charge in [-0.15, -0.1) is 0 Å². The predicted molar refractivity (Wildman–Crippen MR) is 105 cm³/mol. The van der Waals surface area contributed by atoms with E-state index in [1.54, 1.807) is 55.6 Å². The van der Waals surface area contributed by atoms with E-state index < -0.39 is 0 Å². The Morgan fingerprint density at radius 2 is 1.74 bits per heavy atom. The number of ether oxygens (including phenoxy) is 2. The Morgan fingerprint density at radius 1 is 0.963 bits per heavy atom. The van der Waals surface area contributed by atoms with E-state index in [1.165, 1.54) is 0 Å². The Morgan fingerprint density at radius 3 is 2.44 bits per heavy atom. The molecule has 0 unspecified atom stereocenters. The number of hydrogen-bond acceptors (Lipinski definition) is 4. The highest BCUT2D eigenvalue weighted by molar-refractivity contribution is 6.05. The number of amides is 2. The van der Waals surface area contributed by atoms with Crippen LogP contribution in [0.25, 0.3) is 0 Å². The van der Waals surface area contributed by atoms with E-state index in [0.29, 0.717) is 42.3 Å². The molecule has 2 rings (SSSR count). The van der Waals surface area contributed by atoms with Crippen LogP contribution >= 0.6 is 0 Å². The zero-order valence-electron chi connectivity index (χ0n) is 15.8. The van der Waals surface area contributed by atoms with Crippen molar-refractivity contribution in [1.29, 1.82) is 0 Å². The summed E-state index contributed by atoms with van der Waals surface area (Å²) in [7, 11) is 1.61. The monoisotopic (exact) mass is 370 g/mol. The minimum absolute atomic E-state index is 0.142. The van der Waals surface area contributed by atoms with Crippen molar-refractivity contribution in [3.05, 3.63) is 59.7 Å². The summed E-state index contributed by atoms with van der Waals surface area (Å²) in [6.45, 7) is 3.67. The van der Waals surface area contributed by atoms with Crippen molar-refractivity contribution in [2.24, 2.45) is 0 Å². The van der Waals surface area contributed by atoms with E-state index in [2.05, 4.69) is 17.6 Å². The number of carbonyl (C=O) groups is 2. The van der Waals surface area contributed by atoms with Crippen LogP contribution in [0.15, 0.2) is 48.5 Å². The van der Waals surface area contributed by atoms with Gasteiger partial charge in [-0.3, -0.25) is 9.59 Å². The van der Waals surface area contributed by atoms with Crippen molar-refractivity contribution in [3.63, 3.8) is 0 Å². The molecule has 0 aliphatic heterocycles. The summed E-state index contributed by atoms with van der Waals surface area (Å²) >= 11 is 0. The molecule has 0 heterocycles. The topological polar surface area (TPSA) is 76.7 Å². The lowest BCUT2D eigenvalue weighted by molar-refractivity contribution is 0.0951. The smallest absolute Gasteiger partial charge is 0.255 e. The van der Waals surface area contributed by atoms with Gasteiger partial charge in [0.2, 0.25) is 0 Å². The van der Waals surface area contributed by atoms with Gasteiger partial charge in [-0.25, -0.2) is 0 Å².